The van der Waals surface area contributed by atoms with Gasteiger partial charge < -0.3 is 19.5 Å². The molecule has 0 unspecified atom stereocenters. The van der Waals surface area contributed by atoms with E-state index in [0.29, 0.717) is 12.2 Å². The molecule has 0 atom stereocenters. The third kappa shape index (κ3) is 3.44. The van der Waals surface area contributed by atoms with E-state index >= 15 is 0 Å². The normalized spacial score (nSPS) is 10.2. The molecule has 0 saturated carbocycles. The van der Waals surface area contributed by atoms with Crippen LogP contribution in [0.15, 0.2) is 30.3 Å². The van der Waals surface area contributed by atoms with Crippen LogP contribution < -0.4 is 14.9 Å². The number of carbonyl (C=O) groups is 1. The number of hydrogen-bond donors (Lipinski definition) is 2. The number of benzene rings is 1. The van der Waals surface area contributed by atoms with Crippen LogP contribution in [0.3, 0.4) is 0 Å². The number of pyridine rings is 1. The van der Waals surface area contributed by atoms with Gasteiger partial charge in [0.1, 0.15) is 12.4 Å². The van der Waals surface area contributed by atoms with Crippen molar-refractivity contribution in [3.8, 4) is 11.6 Å². The van der Waals surface area contributed by atoms with Crippen LogP contribution in [0.25, 0.3) is 0 Å². The van der Waals surface area contributed by atoms with E-state index in [1.54, 1.807) is 25.3 Å². The molecule has 0 saturated heterocycles. The van der Waals surface area contributed by atoms with Gasteiger partial charge in [-0.3, -0.25) is 4.79 Å². The summed E-state index contributed by atoms with van der Waals surface area (Å²) in [6.45, 7) is 2.03. The molecule has 0 amide bonds. The first-order valence-electron chi connectivity index (χ1n) is 6.64. The van der Waals surface area contributed by atoms with Crippen LogP contribution >= 0.6 is 0 Å². The molecule has 0 radical (unpaired) electrons. The number of ether oxygens (including phenoxy) is 2. The number of aryl methyl sites for hydroxylation is 1. The summed E-state index contributed by atoms with van der Waals surface area (Å²) in [5.74, 6) is 0.802. The van der Waals surface area contributed by atoms with Crippen LogP contribution in [0.1, 0.15) is 21.6 Å². The SMILES string of the molecule is COc1ccc(COc2cccc(B(O)O)c2C=O)c(C)n1. The molecule has 1 heterocycles. The maximum atomic E-state index is 11.2. The van der Waals surface area contributed by atoms with E-state index in [9.17, 15) is 14.8 Å². The predicted octanol–water partition coefficient (Wildman–Crippen LogP) is 0.470. The summed E-state index contributed by atoms with van der Waals surface area (Å²) in [5, 5.41) is 18.5. The van der Waals surface area contributed by atoms with Crippen LogP contribution in [0, 0.1) is 6.92 Å². The van der Waals surface area contributed by atoms with E-state index in [0.717, 1.165) is 11.3 Å². The molecule has 0 fully saturated rings. The summed E-state index contributed by atoms with van der Waals surface area (Å²) in [5.41, 5.74) is 1.83. The molecule has 0 bridgehead atoms. The summed E-state index contributed by atoms with van der Waals surface area (Å²) in [7, 11) is -0.187. The van der Waals surface area contributed by atoms with Crippen molar-refractivity contribution in [1.82, 2.24) is 4.98 Å². The number of rotatable bonds is 6. The molecule has 2 rings (SSSR count). The van der Waals surface area contributed by atoms with Gasteiger partial charge in [-0.1, -0.05) is 12.1 Å². The van der Waals surface area contributed by atoms with Crippen LogP contribution in [0.5, 0.6) is 11.6 Å². The maximum absolute atomic E-state index is 11.2. The third-order valence-corrected chi connectivity index (χ3v) is 3.26. The second-order valence-corrected chi connectivity index (χ2v) is 4.64. The van der Waals surface area contributed by atoms with Crippen molar-refractivity contribution in [2.45, 2.75) is 13.5 Å². The van der Waals surface area contributed by atoms with Crippen LogP contribution in [-0.4, -0.2) is 35.5 Å². The van der Waals surface area contributed by atoms with Gasteiger partial charge in [0.2, 0.25) is 5.88 Å². The van der Waals surface area contributed by atoms with Gasteiger partial charge in [-0.2, -0.15) is 0 Å². The van der Waals surface area contributed by atoms with E-state index in [1.807, 2.05) is 13.0 Å². The summed E-state index contributed by atoms with van der Waals surface area (Å²) in [4.78, 5) is 15.4. The first-order valence-corrected chi connectivity index (χ1v) is 6.64. The summed E-state index contributed by atoms with van der Waals surface area (Å²) < 4.78 is 10.7. The number of hydrogen-bond acceptors (Lipinski definition) is 6. The minimum Gasteiger partial charge on any atom is -0.488 e. The molecule has 2 N–H and O–H groups in total. The van der Waals surface area contributed by atoms with E-state index < -0.39 is 7.12 Å². The van der Waals surface area contributed by atoms with E-state index in [4.69, 9.17) is 9.47 Å². The highest BCUT2D eigenvalue weighted by atomic mass is 16.5. The standard InChI is InChI=1S/C15H16BNO5/c1-10-11(6-7-15(17-10)21-2)9-22-14-5-3-4-13(16(19)20)12(14)8-18/h3-8,19-20H,9H2,1-2H3. The second kappa shape index (κ2) is 7.06. The predicted molar refractivity (Wildman–Crippen MR) is 81.5 cm³/mol. The van der Waals surface area contributed by atoms with Crippen molar-refractivity contribution >= 4 is 18.9 Å². The van der Waals surface area contributed by atoms with Crippen molar-refractivity contribution in [2.75, 3.05) is 7.11 Å². The summed E-state index contributed by atoms with van der Waals surface area (Å²) >= 11 is 0. The summed E-state index contributed by atoms with van der Waals surface area (Å²) in [6, 6.07) is 8.20. The van der Waals surface area contributed by atoms with Crippen LogP contribution in [0.2, 0.25) is 0 Å². The number of methoxy groups -OCH3 is 1. The first kappa shape index (κ1) is 16.0. The monoisotopic (exact) mass is 301 g/mol. The zero-order valence-electron chi connectivity index (χ0n) is 12.3. The Bertz CT molecular complexity index is 675. The Morgan fingerprint density at radius 3 is 2.64 bits per heavy atom. The number of carbonyl (C=O) groups excluding carboxylic acids is 1. The fourth-order valence-electron chi connectivity index (χ4n) is 2.03. The lowest BCUT2D eigenvalue weighted by atomic mass is 9.77. The molecule has 114 valence electrons. The van der Waals surface area contributed by atoms with Crippen molar-refractivity contribution in [1.29, 1.82) is 0 Å². The highest BCUT2D eigenvalue weighted by Crippen LogP contribution is 2.18. The molecule has 0 spiro atoms. The van der Waals surface area contributed by atoms with E-state index in [2.05, 4.69) is 4.98 Å². The Morgan fingerprint density at radius 2 is 2.05 bits per heavy atom. The average Bonchev–Trinajstić information content (AvgIpc) is 2.52. The van der Waals surface area contributed by atoms with E-state index in [-0.39, 0.29) is 23.4 Å². The third-order valence-electron chi connectivity index (χ3n) is 3.26. The van der Waals surface area contributed by atoms with Gasteiger partial charge in [0.25, 0.3) is 0 Å². The highest BCUT2D eigenvalue weighted by Gasteiger charge is 2.19. The van der Waals surface area contributed by atoms with Crippen molar-refractivity contribution in [2.24, 2.45) is 0 Å². The van der Waals surface area contributed by atoms with Gasteiger partial charge in [0.15, 0.2) is 6.29 Å². The molecule has 7 heteroatoms. The van der Waals surface area contributed by atoms with Gasteiger partial charge in [-0.05, 0) is 24.5 Å². The first-order chi connectivity index (χ1) is 10.6. The number of aromatic nitrogens is 1. The Morgan fingerprint density at radius 1 is 1.27 bits per heavy atom. The topological polar surface area (TPSA) is 88.9 Å². The summed E-state index contributed by atoms with van der Waals surface area (Å²) in [6.07, 6.45) is 0.545. The molecule has 0 aliphatic rings. The Labute approximate surface area is 128 Å². The number of nitrogens with zero attached hydrogens (tertiary/aromatic N) is 1. The molecular weight excluding hydrogens is 285 g/mol. The van der Waals surface area contributed by atoms with Crippen LogP contribution in [-0.2, 0) is 6.61 Å². The lowest BCUT2D eigenvalue weighted by Gasteiger charge is -2.13. The fourth-order valence-corrected chi connectivity index (χ4v) is 2.03. The Balaban J connectivity index is 2.21. The largest absolute Gasteiger partial charge is 0.489 e. The van der Waals surface area contributed by atoms with Gasteiger partial charge in [0.05, 0.1) is 12.7 Å². The van der Waals surface area contributed by atoms with Crippen molar-refractivity contribution in [3.05, 3.63) is 47.2 Å². The maximum Gasteiger partial charge on any atom is 0.489 e. The second-order valence-electron chi connectivity index (χ2n) is 4.64. The lowest BCUT2D eigenvalue weighted by molar-refractivity contribution is 0.111. The molecule has 22 heavy (non-hydrogen) atoms. The van der Waals surface area contributed by atoms with Crippen molar-refractivity contribution in [3.63, 3.8) is 0 Å². The molecule has 6 nitrogen and oxygen atoms in total. The smallest absolute Gasteiger partial charge is 0.488 e. The minimum absolute atomic E-state index is 0.108. The average molecular weight is 301 g/mol. The quantitative estimate of drug-likeness (QED) is 0.595. The zero-order chi connectivity index (χ0) is 16.1. The number of aldehydes is 1. The molecule has 0 aliphatic heterocycles. The zero-order valence-corrected chi connectivity index (χ0v) is 12.3. The minimum atomic E-state index is -1.73. The fraction of sp³-hybridized carbons (Fsp3) is 0.200. The van der Waals surface area contributed by atoms with Gasteiger partial charge >= 0.3 is 7.12 Å². The Kier molecular flexibility index (Phi) is 5.14. The molecule has 2 aromatic rings. The van der Waals surface area contributed by atoms with Gasteiger partial charge in [-0.15, -0.1) is 0 Å². The molecule has 1 aromatic heterocycles. The molecular formula is C15H16BNO5. The molecule has 0 aliphatic carbocycles. The van der Waals surface area contributed by atoms with Crippen molar-refractivity contribution < 1.29 is 24.3 Å². The van der Waals surface area contributed by atoms with Crippen LogP contribution in [0.4, 0.5) is 0 Å². The Hall–Kier alpha value is -2.38. The highest BCUT2D eigenvalue weighted by molar-refractivity contribution is 6.60. The van der Waals surface area contributed by atoms with E-state index in [1.165, 1.54) is 6.07 Å². The lowest BCUT2D eigenvalue weighted by Crippen LogP contribution is -2.33. The molecule has 1 aromatic carbocycles. The van der Waals surface area contributed by atoms with Gasteiger partial charge in [0, 0.05) is 17.3 Å². The van der Waals surface area contributed by atoms with Gasteiger partial charge in [-0.25, -0.2) is 4.98 Å².